The Labute approximate surface area is 139 Å². The summed E-state index contributed by atoms with van der Waals surface area (Å²) in [4.78, 5) is 28.8. The molecule has 2 amide bonds. The molecule has 2 rings (SSSR count). The van der Waals surface area contributed by atoms with Crippen molar-refractivity contribution in [2.45, 2.75) is 19.9 Å². The van der Waals surface area contributed by atoms with E-state index in [4.69, 9.17) is 0 Å². The van der Waals surface area contributed by atoms with Crippen LogP contribution in [0.25, 0.3) is 0 Å². The minimum atomic E-state index is -0.133. The molecule has 7 heteroatoms. The van der Waals surface area contributed by atoms with Gasteiger partial charge in [0, 0.05) is 32.1 Å². The molecule has 0 saturated heterocycles. The quantitative estimate of drug-likeness (QED) is 0.851. The number of nitrogens with one attached hydrogen (secondary N) is 2. The van der Waals surface area contributed by atoms with E-state index < -0.39 is 0 Å². The standard InChI is InChI=1S/C16H20N4O2S/c1-11(21)18-16-19-13(10-23-16)9-17-14-7-5-4-6-12(14)8-15(22)20(2)3/h4-7,10,17H,8-9H2,1-3H3,(H,18,19,21). The minimum absolute atomic E-state index is 0.0563. The van der Waals surface area contributed by atoms with E-state index in [-0.39, 0.29) is 11.8 Å². The van der Waals surface area contributed by atoms with E-state index in [1.54, 1.807) is 19.0 Å². The smallest absolute Gasteiger partial charge is 0.226 e. The average Bonchev–Trinajstić information content (AvgIpc) is 2.93. The summed E-state index contributed by atoms with van der Waals surface area (Å²) in [5.41, 5.74) is 2.70. The fraction of sp³-hybridized carbons (Fsp3) is 0.312. The van der Waals surface area contributed by atoms with E-state index in [2.05, 4.69) is 15.6 Å². The maximum absolute atomic E-state index is 11.9. The second kappa shape index (κ2) is 7.73. The molecule has 0 bridgehead atoms. The first-order valence-electron chi connectivity index (χ1n) is 7.19. The molecule has 0 saturated carbocycles. The van der Waals surface area contributed by atoms with Crippen molar-refractivity contribution < 1.29 is 9.59 Å². The summed E-state index contributed by atoms with van der Waals surface area (Å²) in [5.74, 6) is -0.0766. The summed E-state index contributed by atoms with van der Waals surface area (Å²) in [5, 5.41) is 8.45. The Hall–Kier alpha value is -2.41. The maximum Gasteiger partial charge on any atom is 0.226 e. The van der Waals surface area contributed by atoms with Crippen LogP contribution in [0.5, 0.6) is 0 Å². The van der Waals surface area contributed by atoms with Crippen molar-refractivity contribution >= 4 is 34.0 Å². The lowest BCUT2D eigenvalue weighted by Crippen LogP contribution is -2.23. The zero-order chi connectivity index (χ0) is 16.8. The molecule has 2 N–H and O–H groups in total. The van der Waals surface area contributed by atoms with Crippen LogP contribution in [0.1, 0.15) is 18.2 Å². The maximum atomic E-state index is 11.9. The van der Waals surface area contributed by atoms with Gasteiger partial charge in [-0.25, -0.2) is 4.98 Å². The highest BCUT2D eigenvalue weighted by molar-refractivity contribution is 7.13. The Kier molecular flexibility index (Phi) is 5.70. The van der Waals surface area contributed by atoms with Crippen LogP contribution in [0.3, 0.4) is 0 Å². The number of likely N-dealkylation sites (N-methyl/N-ethyl adjacent to an activating group) is 1. The van der Waals surface area contributed by atoms with Crippen LogP contribution >= 0.6 is 11.3 Å². The second-order valence-corrected chi connectivity index (χ2v) is 6.16. The van der Waals surface area contributed by atoms with Gasteiger partial charge in [0.1, 0.15) is 0 Å². The predicted octanol–water partition coefficient (Wildman–Crippen LogP) is 2.34. The van der Waals surface area contributed by atoms with Crippen LogP contribution in [0, 0.1) is 0 Å². The first kappa shape index (κ1) is 17.0. The van der Waals surface area contributed by atoms with Crippen LogP contribution in [-0.4, -0.2) is 35.8 Å². The summed E-state index contributed by atoms with van der Waals surface area (Å²) in [6, 6.07) is 7.73. The molecule has 0 fully saturated rings. The molecule has 0 aliphatic carbocycles. The number of amides is 2. The predicted molar refractivity (Wildman–Crippen MR) is 92.6 cm³/mol. The third kappa shape index (κ3) is 5.07. The van der Waals surface area contributed by atoms with Gasteiger partial charge in [-0.2, -0.15) is 0 Å². The molecular formula is C16H20N4O2S. The molecule has 0 aliphatic heterocycles. The van der Waals surface area contributed by atoms with Crippen molar-refractivity contribution in [2.75, 3.05) is 24.7 Å². The van der Waals surface area contributed by atoms with E-state index in [0.717, 1.165) is 16.9 Å². The molecule has 0 spiro atoms. The first-order valence-corrected chi connectivity index (χ1v) is 8.07. The molecule has 2 aromatic rings. The third-order valence-electron chi connectivity index (χ3n) is 3.15. The largest absolute Gasteiger partial charge is 0.379 e. The monoisotopic (exact) mass is 332 g/mol. The number of carbonyl (C=O) groups excluding carboxylic acids is 2. The zero-order valence-corrected chi connectivity index (χ0v) is 14.2. The number of hydrogen-bond acceptors (Lipinski definition) is 5. The molecule has 6 nitrogen and oxygen atoms in total. The van der Waals surface area contributed by atoms with E-state index in [1.807, 2.05) is 29.6 Å². The molecule has 0 atom stereocenters. The van der Waals surface area contributed by atoms with Gasteiger partial charge in [-0.1, -0.05) is 18.2 Å². The van der Waals surface area contributed by atoms with E-state index in [1.165, 1.54) is 18.3 Å². The van der Waals surface area contributed by atoms with Gasteiger partial charge in [0.2, 0.25) is 11.8 Å². The molecular weight excluding hydrogens is 312 g/mol. The summed E-state index contributed by atoms with van der Waals surface area (Å²) >= 11 is 1.39. The van der Waals surface area contributed by atoms with E-state index >= 15 is 0 Å². The Morgan fingerprint density at radius 3 is 2.70 bits per heavy atom. The van der Waals surface area contributed by atoms with Crippen LogP contribution in [-0.2, 0) is 22.6 Å². The summed E-state index contributed by atoms with van der Waals surface area (Å²) in [6.07, 6.45) is 0.352. The van der Waals surface area contributed by atoms with Crippen molar-refractivity contribution in [3.05, 3.63) is 40.9 Å². The highest BCUT2D eigenvalue weighted by Crippen LogP contribution is 2.19. The lowest BCUT2D eigenvalue weighted by molar-refractivity contribution is -0.128. The number of anilines is 2. The number of carbonyl (C=O) groups is 2. The van der Waals surface area contributed by atoms with Crippen LogP contribution in [0.4, 0.5) is 10.8 Å². The number of para-hydroxylation sites is 1. The highest BCUT2D eigenvalue weighted by atomic mass is 32.1. The topological polar surface area (TPSA) is 74.3 Å². The van der Waals surface area contributed by atoms with Gasteiger partial charge in [0.05, 0.1) is 18.7 Å². The summed E-state index contributed by atoms with van der Waals surface area (Å²) < 4.78 is 0. The molecule has 0 aliphatic rings. The number of nitrogens with zero attached hydrogens (tertiary/aromatic N) is 2. The van der Waals surface area contributed by atoms with E-state index in [0.29, 0.717) is 18.1 Å². The zero-order valence-electron chi connectivity index (χ0n) is 13.4. The molecule has 1 aromatic carbocycles. The number of hydrogen-bond donors (Lipinski definition) is 2. The van der Waals surface area contributed by atoms with Crippen molar-refractivity contribution in [3.63, 3.8) is 0 Å². The van der Waals surface area contributed by atoms with E-state index in [9.17, 15) is 9.59 Å². The summed E-state index contributed by atoms with van der Waals surface area (Å²) in [7, 11) is 3.49. The van der Waals surface area contributed by atoms with Crippen molar-refractivity contribution in [1.29, 1.82) is 0 Å². The Morgan fingerprint density at radius 1 is 1.26 bits per heavy atom. The second-order valence-electron chi connectivity index (χ2n) is 5.30. The number of benzene rings is 1. The van der Waals surface area contributed by atoms with Crippen LogP contribution in [0.2, 0.25) is 0 Å². The van der Waals surface area contributed by atoms with Gasteiger partial charge in [-0.3, -0.25) is 9.59 Å². The number of aromatic nitrogens is 1. The van der Waals surface area contributed by atoms with Gasteiger partial charge < -0.3 is 15.5 Å². The molecule has 0 radical (unpaired) electrons. The van der Waals surface area contributed by atoms with Crippen LogP contribution < -0.4 is 10.6 Å². The van der Waals surface area contributed by atoms with Gasteiger partial charge in [0.15, 0.2) is 5.13 Å². The number of thiazole rings is 1. The fourth-order valence-electron chi connectivity index (χ4n) is 1.95. The van der Waals surface area contributed by atoms with Crippen LogP contribution in [0.15, 0.2) is 29.6 Å². The van der Waals surface area contributed by atoms with Gasteiger partial charge in [-0.15, -0.1) is 11.3 Å². The molecule has 1 heterocycles. The number of rotatable bonds is 6. The lowest BCUT2D eigenvalue weighted by atomic mass is 10.1. The Morgan fingerprint density at radius 2 is 2.00 bits per heavy atom. The third-order valence-corrected chi connectivity index (χ3v) is 3.96. The van der Waals surface area contributed by atoms with Crippen molar-refractivity contribution in [2.24, 2.45) is 0 Å². The summed E-state index contributed by atoms with van der Waals surface area (Å²) in [6.45, 7) is 1.99. The van der Waals surface area contributed by atoms with Gasteiger partial charge in [-0.05, 0) is 11.6 Å². The normalized spacial score (nSPS) is 10.2. The Balaban J connectivity index is 2.01. The lowest BCUT2D eigenvalue weighted by Gasteiger charge is -2.14. The molecule has 1 aromatic heterocycles. The molecule has 0 unspecified atom stereocenters. The fourth-order valence-corrected chi connectivity index (χ4v) is 2.71. The molecule has 122 valence electrons. The average molecular weight is 332 g/mol. The Bertz CT molecular complexity index is 697. The first-order chi connectivity index (χ1) is 11.0. The minimum Gasteiger partial charge on any atom is -0.379 e. The molecule has 23 heavy (non-hydrogen) atoms. The van der Waals surface area contributed by atoms with Gasteiger partial charge in [0.25, 0.3) is 0 Å². The van der Waals surface area contributed by atoms with Crippen molar-refractivity contribution in [1.82, 2.24) is 9.88 Å². The van der Waals surface area contributed by atoms with Crippen molar-refractivity contribution in [3.8, 4) is 0 Å². The SMILES string of the molecule is CC(=O)Nc1nc(CNc2ccccc2CC(=O)N(C)C)cs1. The van der Waals surface area contributed by atoms with Gasteiger partial charge >= 0.3 is 0 Å². The highest BCUT2D eigenvalue weighted by Gasteiger charge is 2.10.